The molecule has 9 heteroatoms. The van der Waals surface area contributed by atoms with Gasteiger partial charge in [0.15, 0.2) is 0 Å². The van der Waals surface area contributed by atoms with Gasteiger partial charge in [0.2, 0.25) is 0 Å². The topological polar surface area (TPSA) is 109 Å². The Morgan fingerprint density at radius 3 is 2.28 bits per heavy atom. The van der Waals surface area contributed by atoms with E-state index in [1.54, 1.807) is 43.8 Å². The van der Waals surface area contributed by atoms with Crippen molar-refractivity contribution >= 4 is 38.1 Å². The third-order valence-corrected chi connectivity index (χ3v) is 8.74. The fourth-order valence-electron chi connectivity index (χ4n) is 4.84. The summed E-state index contributed by atoms with van der Waals surface area (Å²) in [6, 6.07) is 11.1. The number of sulfonamides is 1. The van der Waals surface area contributed by atoms with Gasteiger partial charge >= 0.3 is 0 Å². The zero-order valence-electron chi connectivity index (χ0n) is 22.8. The van der Waals surface area contributed by atoms with Crippen molar-refractivity contribution in [3.8, 4) is 17.2 Å². The molecular formula is C30H33ClN2O5S. The number of rotatable bonds is 7. The molecule has 1 unspecified atom stereocenters. The van der Waals surface area contributed by atoms with Crippen molar-refractivity contribution in [3.63, 3.8) is 0 Å². The van der Waals surface area contributed by atoms with Gasteiger partial charge in [0.1, 0.15) is 17.2 Å². The summed E-state index contributed by atoms with van der Waals surface area (Å²) < 4.78 is 34.8. The number of benzene rings is 3. The molecule has 0 aliphatic carbocycles. The van der Waals surface area contributed by atoms with Gasteiger partial charge in [0.05, 0.1) is 34.3 Å². The molecule has 0 radical (unpaired) electrons. The lowest BCUT2D eigenvalue weighted by molar-refractivity contribution is 0.407. The number of hydrogen-bond donors (Lipinski definition) is 3. The molecule has 4 rings (SSSR count). The van der Waals surface area contributed by atoms with Crippen molar-refractivity contribution in [1.82, 2.24) is 4.98 Å². The van der Waals surface area contributed by atoms with Crippen LogP contribution in [-0.4, -0.2) is 30.7 Å². The second-order valence-electron chi connectivity index (χ2n) is 10.5. The van der Waals surface area contributed by atoms with E-state index in [0.717, 1.165) is 16.7 Å². The van der Waals surface area contributed by atoms with Crippen LogP contribution in [0.25, 0.3) is 10.8 Å². The molecule has 0 aliphatic heterocycles. The first-order valence-electron chi connectivity index (χ1n) is 12.6. The zero-order chi connectivity index (χ0) is 28.7. The number of anilines is 1. The van der Waals surface area contributed by atoms with E-state index >= 15 is 0 Å². The first-order chi connectivity index (χ1) is 18.3. The average molecular weight is 569 g/mol. The SMILES string of the molecule is CCc1c(OC)cncc1C(C)c1cc(O)c2c(Cl)ccc(NS(=O)(=O)c3ccc(C(C)(C)C)cc3)c2c1O. The maximum atomic E-state index is 13.4. The normalized spacial score (nSPS) is 12.9. The van der Waals surface area contributed by atoms with Gasteiger partial charge in [0, 0.05) is 28.6 Å². The van der Waals surface area contributed by atoms with Gasteiger partial charge in [-0.3, -0.25) is 9.71 Å². The summed E-state index contributed by atoms with van der Waals surface area (Å²) >= 11 is 6.42. The molecule has 1 atom stereocenters. The van der Waals surface area contributed by atoms with E-state index < -0.39 is 15.9 Å². The Bertz CT molecular complexity index is 1650. The molecule has 1 heterocycles. The molecule has 3 N–H and O–H groups in total. The van der Waals surface area contributed by atoms with Crippen LogP contribution in [-0.2, 0) is 21.9 Å². The number of phenolic OH excluding ortho intramolecular Hbond substituents is 2. The van der Waals surface area contributed by atoms with Crippen molar-refractivity contribution in [2.24, 2.45) is 0 Å². The lowest BCUT2D eigenvalue weighted by Crippen LogP contribution is -2.15. The maximum absolute atomic E-state index is 13.4. The first kappa shape index (κ1) is 28.5. The van der Waals surface area contributed by atoms with Gasteiger partial charge < -0.3 is 14.9 Å². The fourth-order valence-corrected chi connectivity index (χ4v) is 6.16. The van der Waals surface area contributed by atoms with Crippen LogP contribution in [0.4, 0.5) is 5.69 Å². The van der Waals surface area contributed by atoms with Gasteiger partial charge in [-0.15, -0.1) is 0 Å². The minimum atomic E-state index is -4.03. The monoisotopic (exact) mass is 568 g/mol. The molecule has 7 nitrogen and oxygen atoms in total. The highest BCUT2D eigenvalue weighted by atomic mass is 35.5. The van der Waals surface area contributed by atoms with Crippen LogP contribution in [0.2, 0.25) is 5.02 Å². The number of hydrogen-bond acceptors (Lipinski definition) is 6. The third kappa shape index (κ3) is 5.36. The molecule has 1 aromatic heterocycles. The summed E-state index contributed by atoms with van der Waals surface area (Å²) in [7, 11) is -2.46. The highest BCUT2D eigenvalue weighted by molar-refractivity contribution is 7.92. The van der Waals surface area contributed by atoms with Crippen LogP contribution in [0.3, 0.4) is 0 Å². The average Bonchev–Trinajstić information content (AvgIpc) is 2.90. The number of aromatic nitrogens is 1. The Balaban J connectivity index is 1.86. The molecule has 0 bridgehead atoms. The standard InChI is InChI=1S/C30H33ClN2O5S/c1-7-20-22(15-32-16-26(20)38-6)17(2)21-14-25(34)27-23(31)12-13-24(28(27)29(21)35)33-39(36,37)19-10-8-18(9-11-19)30(3,4)5/h8-17,33-35H,7H2,1-6H3. The molecule has 4 aromatic rings. The van der Waals surface area contributed by atoms with Gasteiger partial charge in [0.25, 0.3) is 10.0 Å². The lowest BCUT2D eigenvalue weighted by atomic mass is 9.87. The van der Waals surface area contributed by atoms with E-state index in [1.165, 1.54) is 18.2 Å². The van der Waals surface area contributed by atoms with Crippen LogP contribution >= 0.6 is 11.6 Å². The van der Waals surface area contributed by atoms with Gasteiger partial charge in [-0.2, -0.15) is 0 Å². The smallest absolute Gasteiger partial charge is 0.261 e. The van der Waals surface area contributed by atoms with Crippen molar-refractivity contribution < 1.29 is 23.4 Å². The van der Waals surface area contributed by atoms with E-state index in [4.69, 9.17) is 16.3 Å². The Hall–Kier alpha value is -3.49. The number of pyridine rings is 1. The minimum Gasteiger partial charge on any atom is -0.507 e. The maximum Gasteiger partial charge on any atom is 0.261 e. The number of phenols is 2. The molecule has 206 valence electrons. The Morgan fingerprint density at radius 1 is 1.03 bits per heavy atom. The second-order valence-corrected chi connectivity index (χ2v) is 12.6. The molecule has 0 aliphatic rings. The van der Waals surface area contributed by atoms with Crippen molar-refractivity contribution in [2.45, 2.75) is 57.3 Å². The molecular weight excluding hydrogens is 536 g/mol. The fraction of sp³-hybridized carbons (Fsp3) is 0.300. The number of fused-ring (bicyclic) bond motifs is 1. The lowest BCUT2D eigenvalue weighted by Gasteiger charge is -2.22. The van der Waals surface area contributed by atoms with E-state index in [9.17, 15) is 18.6 Å². The van der Waals surface area contributed by atoms with E-state index in [-0.39, 0.29) is 43.3 Å². The molecule has 3 aromatic carbocycles. The van der Waals surface area contributed by atoms with Crippen molar-refractivity contribution in [3.05, 3.63) is 82.1 Å². The quantitative estimate of drug-likeness (QED) is 0.205. The summed E-state index contributed by atoms with van der Waals surface area (Å²) in [6.45, 7) is 10.0. The number of ether oxygens (including phenoxy) is 1. The predicted molar refractivity (Wildman–Crippen MR) is 156 cm³/mol. The number of methoxy groups -OCH3 is 1. The summed E-state index contributed by atoms with van der Waals surface area (Å²) in [5.74, 6) is -0.158. The van der Waals surface area contributed by atoms with Gasteiger partial charge in [-0.05, 0) is 53.3 Å². The number of aromatic hydroxyl groups is 2. The minimum absolute atomic E-state index is 0.0712. The zero-order valence-corrected chi connectivity index (χ0v) is 24.4. The van der Waals surface area contributed by atoms with Crippen LogP contribution in [0.1, 0.15) is 62.8 Å². The van der Waals surface area contributed by atoms with Crippen molar-refractivity contribution in [1.29, 1.82) is 0 Å². The third-order valence-electron chi connectivity index (χ3n) is 7.05. The van der Waals surface area contributed by atoms with Gasteiger partial charge in [-0.1, -0.05) is 58.4 Å². The van der Waals surface area contributed by atoms with E-state index in [0.29, 0.717) is 17.7 Å². The van der Waals surface area contributed by atoms with Crippen LogP contribution < -0.4 is 9.46 Å². The predicted octanol–water partition coefficient (Wildman–Crippen LogP) is 7.12. The molecule has 0 fully saturated rings. The number of halogens is 1. The second kappa shape index (κ2) is 10.6. The molecule has 0 spiro atoms. The highest BCUT2D eigenvalue weighted by Crippen LogP contribution is 2.47. The number of nitrogens with zero attached hydrogens (tertiary/aromatic N) is 1. The van der Waals surface area contributed by atoms with Crippen LogP contribution in [0.15, 0.2) is 59.8 Å². The highest BCUT2D eigenvalue weighted by Gasteiger charge is 2.26. The summed E-state index contributed by atoms with van der Waals surface area (Å²) in [5, 5.41) is 23.0. The van der Waals surface area contributed by atoms with E-state index in [2.05, 4.69) is 9.71 Å². The summed E-state index contributed by atoms with van der Waals surface area (Å²) in [4.78, 5) is 4.35. The molecule has 39 heavy (non-hydrogen) atoms. The van der Waals surface area contributed by atoms with Crippen LogP contribution in [0, 0.1) is 0 Å². The van der Waals surface area contributed by atoms with Crippen molar-refractivity contribution in [2.75, 3.05) is 11.8 Å². The summed E-state index contributed by atoms with van der Waals surface area (Å²) in [6.07, 6.45) is 4.00. The van der Waals surface area contributed by atoms with Gasteiger partial charge in [-0.25, -0.2) is 8.42 Å². The number of nitrogens with one attached hydrogen (secondary N) is 1. The van der Waals surface area contributed by atoms with E-state index in [1.807, 2.05) is 34.6 Å². The largest absolute Gasteiger partial charge is 0.507 e. The Labute approximate surface area is 234 Å². The molecule has 0 saturated carbocycles. The summed E-state index contributed by atoms with van der Waals surface area (Å²) in [5.41, 5.74) is 3.09. The Kier molecular flexibility index (Phi) is 7.74. The molecule has 0 amide bonds. The molecule has 0 saturated heterocycles. The first-order valence-corrected chi connectivity index (χ1v) is 14.5. The Morgan fingerprint density at radius 2 is 1.69 bits per heavy atom. The van der Waals surface area contributed by atoms with Crippen LogP contribution in [0.5, 0.6) is 17.2 Å².